The van der Waals surface area contributed by atoms with Crippen LogP contribution in [0.25, 0.3) is 9.53 Å². The maximum absolute atomic E-state index is 12.5. The van der Waals surface area contributed by atoms with E-state index in [2.05, 4.69) is 18.8 Å². The molecule has 0 bridgehead atoms. The maximum atomic E-state index is 12.5. The number of carbonyl (C=O) groups excluding carboxylic acids is 1. The van der Waals surface area contributed by atoms with E-state index in [0.717, 1.165) is 26.0 Å². The summed E-state index contributed by atoms with van der Waals surface area (Å²) in [4.78, 5) is 22.4. The van der Waals surface area contributed by atoms with E-state index >= 15 is 0 Å². The monoisotopic (exact) mass is 340 g/mol. The predicted octanol–water partition coefficient (Wildman–Crippen LogP) is 2.87. The molecule has 2 heterocycles. The van der Waals surface area contributed by atoms with Gasteiger partial charge in [0.2, 0.25) is 0 Å². The van der Waals surface area contributed by atoms with Crippen molar-refractivity contribution in [3.63, 3.8) is 0 Å². The zero-order chi connectivity index (χ0) is 16.4. The molecule has 0 radical (unpaired) electrons. The van der Waals surface area contributed by atoms with Crippen molar-refractivity contribution in [3.05, 3.63) is 10.9 Å². The Balaban J connectivity index is 2.04. The van der Waals surface area contributed by atoms with E-state index in [1.807, 2.05) is 32.1 Å². The molecule has 2 aromatic heterocycles. The standard InChI is InChI=1S/C15H24N4OS2/c1-9(2)10(16)6-7-19(5)14(20)12-8-11-13(21-12)17-15(22-11)18(3)4/h8-10H,6-7,16H2,1-5H3. The Kier molecular flexibility index (Phi) is 5.41. The summed E-state index contributed by atoms with van der Waals surface area (Å²) < 4.78 is 1.07. The first kappa shape index (κ1) is 17.2. The van der Waals surface area contributed by atoms with Gasteiger partial charge in [0.05, 0.1) is 9.58 Å². The third kappa shape index (κ3) is 3.77. The summed E-state index contributed by atoms with van der Waals surface area (Å²) in [6, 6.07) is 2.08. The van der Waals surface area contributed by atoms with Crippen molar-refractivity contribution in [2.24, 2.45) is 11.7 Å². The van der Waals surface area contributed by atoms with Crippen molar-refractivity contribution < 1.29 is 4.79 Å². The summed E-state index contributed by atoms with van der Waals surface area (Å²) in [6.07, 6.45) is 0.822. The lowest BCUT2D eigenvalue weighted by atomic mass is 10.0. The SMILES string of the molecule is CC(C)C(N)CCN(C)C(=O)c1cc2sc(N(C)C)nc2s1. The van der Waals surface area contributed by atoms with E-state index in [1.165, 1.54) is 11.3 Å². The molecule has 22 heavy (non-hydrogen) atoms. The van der Waals surface area contributed by atoms with Crippen LogP contribution in [0.3, 0.4) is 0 Å². The van der Waals surface area contributed by atoms with Gasteiger partial charge >= 0.3 is 0 Å². The normalized spacial score (nSPS) is 12.9. The highest BCUT2D eigenvalue weighted by atomic mass is 32.1. The number of fused-ring (bicyclic) bond motifs is 1. The summed E-state index contributed by atoms with van der Waals surface area (Å²) in [6.45, 7) is 4.89. The second-order valence-electron chi connectivity index (χ2n) is 6.09. The van der Waals surface area contributed by atoms with Gasteiger partial charge < -0.3 is 15.5 Å². The van der Waals surface area contributed by atoms with Crippen LogP contribution in [-0.2, 0) is 0 Å². The van der Waals surface area contributed by atoms with Crippen LogP contribution in [0.2, 0.25) is 0 Å². The molecule has 5 nitrogen and oxygen atoms in total. The fraction of sp³-hybridized carbons (Fsp3) is 0.600. The second kappa shape index (κ2) is 6.93. The molecule has 0 aliphatic rings. The van der Waals surface area contributed by atoms with E-state index in [4.69, 9.17) is 5.73 Å². The van der Waals surface area contributed by atoms with Crippen molar-refractivity contribution in [2.75, 3.05) is 32.6 Å². The Morgan fingerprint density at radius 2 is 2.00 bits per heavy atom. The number of thiophene rings is 1. The molecular formula is C15H24N4OS2. The molecule has 122 valence electrons. The zero-order valence-electron chi connectivity index (χ0n) is 13.8. The summed E-state index contributed by atoms with van der Waals surface area (Å²) in [5.74, 6) is 0.488. The highest BCUT2D eigenvalue weighted by Crippen LogP contribution is 2.34. The molecule has 0 aromatic carbocycles. The van der Waals surface area contributed by atoms with E-state index in [1.54, 1.807) is 16.2 Å². The number of aromatic nitrogens is 1. The summed E-state index contributed by atoms with van der Waals surface area (Å²) >= 11 is 3.07. The molecule has 1 unspecified atom stereocenters. The number of hydrogen-bond donors (Lipinski definition) is 1. The fourth-order valence-electron chi connectivity index (χ4n) is 1.99. The Bertz CT molecular complexity index is 616. The zero-order valence-corrected chi connectivity index (χ0v) is 15.4. The molecule has 1 atom stereocenters. The average molecular weight is 341 g/mol. The third-order valence-corrected chi connectivity index (χ3v) is 5.99. The number of anilines is 1. The van der Waals surface area contributed by atoms with Crippen LogP contribution in [0, 0.1) is 5.92 Å². The van der Waals surface area contributed by atoms with Crippen molar-refractivity contribution in [1.82, 2.24) is 9.88 Å². The summed E-state index contributed by atoms with van der Waals surface area (Å²) in [5.41, 5.74) is 6.04. The van der Waals surface area contributed by atoms with Gasteiger partial charge in [0, 0.05) is 33.7 Å². The molecule has 0 saturated carbocycles. The van der Waals surface area contributed by atoms with Gasteiger partial charge in [-0.1, -0.05) is 25.2 Å². The Hall–Kier alpha value is -1.18. The number of amides is 1. The molecule has 0 spiro atoms. The van der Waals surface area contributed by atoms with Gasteiger partial charge in [0.15, 0.2) is 5.13 Å². The van der Waals surface area contributed by atoms with Gasteiger partial charge in [-0.25, -0.2) is 4.98 Å². The highest BCUT2D eigenvalue weighted by molar-refractivity contribution is 7.29. The maximum Gasteiger partial charge on any atom is 0.263 e. The predicted molar refractivity (Wildman–Crippen MR) is 96.2 cm³/mol. The average Bonchev–Trinajstić information content (AvgIpc) is 3.01. The molecule has 2 N–H and O–H groups in total. The smallest absolute Gasteiger partial charge is 0.263 e. The lowest BCUT2D eigenvalue weighted by Crippen LogP contribution is -2.34. The minimum Gasteiger partial charge on any atom is -0.354 e. The van der Waals surface area contributed by atoms with Crippen molar-refractivity contribution in [2.45, 2.75) is 26.3 Å². The minimum atomic E-state index is 0.0533. The van der Waals surface area contributed by atoms with E-state index in [0.29, 0.717) is 12.5 Å². The number of rotatable bonds is 6. The van der Waals surface area contributed by atoms with Gasteiger partial charge in [0.1, 0.15) is 4.83 Å². The first-order valence-corrected chi connectivity index (χ1v) is 9.01. The van der Waals surface area contributed by atoms with E-state index in [-0.39, 0.29) is 11.9 Å². The lowest BCUT2D eigenvalue weighted by Gasteiger charge is -2.21. The van der Waals surface area contributed by atoms with Crippen molar-refractivity contribution in [1.29, 1.82) is 0 Å². The largest absolute Gasteiger partial charge is 0.354 e. The number of thiazole rings is 1. The summed E-state index contributed by atoms with van der Waals surface area (Å²) in [5, 5.41) is 0.969. The Morgan fingerprint density at radius 1 is 1.32 bits per heavy atom. The van der Waals surface area contributed by atoms with Crippen LogP contribution in [-0.4, -0.2) is 49.5 Å². The third-order valence-electron chi connectivity index (χ3n) is 3.67. The lowest BCUT2D eigenvalue weighted by molar-refractivity contribution is 0.0794. The first-order chi connectivity index (χ1) is 10.3. The molecule has 0 aliphatic carbocycles. The first-order valence-electron chi connectivity index (χ1n) is 7.38. The fourth-order valence-corrected chi connectivity index (χ4v) is 4.11. The van der Waals surface area contributed by atoms with E-state index in [9.17, 15) is 4.79 Å². The molecule has 0 saturated heterocycles. The van der Waals surface area contributed by atoms with Crippen LogP contribution >= 0.6 is 22.7 Å². The van der Waals surface area contributed by atoms with Crippen LogP contribution < -0.4 is 10.6 Å². The minimum absolute atomic E-state index is 0.0533. The number of carbonyl (C=O) groups is 1. The van der Waals surface area contributed by atoms with Gasteiger partial charge in [-0.15, -0.1) is 11.3 Å². The molecule has 7 heteroatoms. The van der Waals surface area contributed by atoms with Gasteiger partial charge in [-0.3, -0.25) is 4.79 Å². The van der Waals surface area contributed by atoms with Crippen LogP contribution in [0.1, 0.15) is 29.9 Å². The van der Waals surface area contributed by atoms with Crippen LogP contribution in [0.5, 0.6) is 0 Å². The molecule has 2 rings (SSSR count). The van der Waals surface area contributed by atoms with Crippen molar-refractivity contribution in [3.8, 4) is 0 Å². The molecule has 1 amide bonds. The number of nitrogens with zero attached hydrogens (tertiary/aromatic N) is 3. The number of hydrogen-bond acceptors (Lipinski definition) is 6. The molecule has 0 fully saturated rings. The molecule has 2 aromatic rings. The highest BCUT2D eigenvalue weighted by Gasteiger charge is 2.18. The van der Waals surface area contributed by atoms with Gasteiger partial charge in [-0.2, -0.15) is 0 Å². The topological polar surface area (TPSA) is 62.5 Å². The van der Waals surface area contributed by atoms with Crippen molar-refractivity contribution >= 4 is 43.2 Å². The quantitative estimate of drug-likeness (QED) is 0.878. The summed E-state index contributed by atoms with van der Waals surface area (Å²) in [7, 11) is 5.78. The molecule has 0 aliphatic heterocycles. The van der Waals surface area contributed by atoms with Crippen LogP contribution in [0.4, 0.5) is 5.13 Å². The Morgan fingerprint density at radius 3 is 2.55 bits per heavy atom. The van der Waals surface area contributed by atoms with Crippen LogP contribution in [0.15, 0.2) is 6.07 Å². The number of nitrogens with two attached hydrogens (primary N) is 1. The van der Waals surface area contributed by atoms with E-state index < -0.39 is 0 Å². The second-order valence-corrected chi connectivity index (χ2v) is 8.13. The Labute approximate surface area is 139 Å². The van der Waals surface area contributed by atoms with Gasteiger partial charge in [0.25, 0.3) is 5.91 Å². The van der Waals surface area contributed by atoms with Gasteiger partial charge in [-0.05, 0) is 18.4 Å². The molecular weight excluding hydrogens is 316 g/mol.